The van der Waals surface area contributed by atoms with Gasteiger partial charge in [-0.05, 0) is 68.4 Å². The molecule has 21 heteroatoms. The van der Waals surface area contributed by atoms with Gasteiger partial charge in [-0.15, -0.1) is 0 Å². The van der Waals surface area contributed by atoms with Gasteiger partial charge in [-0.2, -0.15) is 32.1 Å². The number of hydrogen-bond acceptors (Lipinski definition) is 8. The third kappa shape index (κ3) is 8.15. The summed E-state index contributed by atoms with van der Waals surface area (Å²) in [7, 11) is -1.11. The van der Waals surface area contributed by atoms with Gasteiger partial charge in [0.25, 0.3) is 5.92 Å². The highest BCUT2D eigenvalue weighted by atomic mass is 35.5. The molecular formula is C38H33ClF7N7O5S. The lowest BCUT2D eigenvalue weighted by atomic mass is 9.93. The Morgan fingerprint density at radius 3 is 2.41 bits per heavy atom. The van der Waals surface area contributed by atoms with Gasteiger partial charge in [-0.3, -0.25) is 18.9 Å². The van der Waals surface area contributed by atoms with Crippen LogP contribution in [0.25, 0.3) is 22.0 Å². The summed E-state index contributed by atoms with van der Waals surface area (Å²) in [5.74, 6) is -4.06. The molecule has 0 saturated heterocycles. The number of carbonyl (C=O) groups is 1. The molecule has 312 valence electrons. The molecule has 0 aliphatic heterocycles. The van der Waals surface area contributed by atoms with Crippen molar-refractivity contribution in [1.29, 1.82) is 0 Å². The normalized spacial score (nSPS) is 17.5. The number of aliphatic hydroxyl groups is 1. The van der Waals surface area contributed by atoms with Crippen LogP contribution in [0.1, 0.15) is 66.1 Å². The first-order chi connectivity index (χ1) is 27.4. The van der Waals surface area contributed by atoms with E-state index in [9.17, 15) is 40.3 Å². The molecule has 2 aliphatic rings. The van der Waals surface area contributed by atoms with E-state index in [1.165, 1.54) is 50.9 Å². The largest absolute Gasteiger partial charge is 0.494 e. The summed E-state index contributed by atoms with van der Waals surface area (Å²) >= 11 is 6.59. The van der Waals surface area contributed by atoms with Crippen LogP contribution in [0.5, 0.6) is 5.75 Å². The zero-order valence-electron chi connectivity index (χ0n) is 31.6. The first kappa shape index (κ1) is 41.8. The number of amides is 1. The first-order valence-corrected chi connectivity index (χ1v) is 19.9. The molecule has 7 rings (SSSR count). The fourth-order valence-electron chi connectivity index (χ4n) is 7.44. The summed E-state index contributed by atoms with van der Waals surface area (Å²) < 4.78 is 136. The van der Waals surface area contributed by atoms with Crippen molar-refractivity contribution in [2.75, 3.05) is 18.1 Å². The molecule has 3 heterocycles. The van der Waals surface area contributed by atoms with E-state index in [-0.39, 0.29) is 62.0 Å². The third-order valence-electron chi connectivity index (χ3n) is 9.75. The predicted octanol–water partition coefficient (Wildman–Crippen LogP) is 6.59. The van der Waals surface area contributed by atoms with Gasteiger partial charge in [-0.1, -0.05) is 23.6 Å². The van der Waals surface area contributed by atoms with Gasteiger partial charge >= 0.3 is 6.18 Å². The Morgan fingerprint density at radius 2 is 1.80 bits per heavy atom. The molecule has 59 heavy (non-hydrogen) atoms. The Morgan fingerprint density at radius 1 is 1.12 bits per heavy atom. The van der Waals surface area contributed by atoms with Crippen LogP contribution >= 0.6 is 11.6 Å². The Balaban J connectivity index is 1.43. The lowest BCUT2D eigenvalue weighted by Gasteiger charge is -2.24. The van der Waals surface area contributed by atoms with Crippen LogP contribution in [0.3, 0.4) is 0 Å². The van der Waals surface area contributed by atoms with E-state index in [2.05, 4.69) is 32.1 Å². The van der Waals surface area contributed by atoms with Crippen LogP contribution in [0.4, 0.5) is 36.6 Å². The van der Waals surface area contributed by atoms with E-state index in [1.54, 1.807) is 0 Å². The fraction of sp³-hybridized carbons (Fsp3) is 0.368. The molecule has 2 aromatic carbocycles. The maximum Gasteiger partial charge on any atom is 0.435 e. The third-order valence-corrected chi connectivity index (χ3v) is 10.6. The molecule has 3 atom stereocenters. The van der Waals surface area contributed by atoms with E-state index in [0.29, 0.717) is 10.7 Å². The number of sulfonamides is 1. The predicted molar refractivity (Wildman–Crippen MR) is 200 cm³/mol. The van der Waals surface area contributed by atoms with E-state index >= 15 is 8.78 Å². The molecule has 0 bridgehead atoms. The zero-order valence-corrected chi connectivity index (χ0v) is 33.1. The smallest absolute Gasteiger partial charge is 0.435 e. The molecule has 1 fully saturated rings. The fourth-order valence-corrected chi connectivity index (χ4v) is 8.18. The van der Waals surface area contributed by atoms with Crippen LogP contribution < -0.4 is 14.8 Å². The number of anilines is 1. The first-order valence-electron chi connectivity index (χ1n) is 17.6. The zero-order chi connectivity index (χ0) is 43.1. The van der Waals surface area contributed by atoms with Gasteiger partial charge in [0.15, 0.2) is 23.0 Å². The van der Waals surface area contributed by atoms with Gasteiger partial charge in [0.1, 0.15) is 29.5 Å². The number of fused-ring (bicyclic) bond motifs is 4. The Bertz CT molecular complexity index is 2720. The maximum atomic E-state index is 15.4. The highest BCUT2D eigenvalue weighted by Gasteiger charge is 2.68. The number of ether oxygens (including phenoxy) is 1. The molecule has 3 aromatic heterocycles. The topological polar surface area (TPSA) is 153 Å². The summed E-state index contributed by atoms with van der Waals surface area (Å²) in [6, 6.07) is 5.45. The van der Waals surface area contributed by atoms with E-state index in [4.69, 9.17) is 21.3 Å². The minimum absolute atomic E-state index is 0.0229. The van der Waals surface area contributed by atoms with Gasteiger partial charge in [0.05, 0.1) is 41.0 Å². The summed E-state index contributed by atoms with van der Waals surface area (Å²) in [5, 5.41) is 21.0. The number of hydrogen-bond donors (Lipinski definition) is 3. The molecule has 3 N–H and O–H groups in total. The quantitative estimate of drug-likeness (QED) is 0.105. The van der Waals surface area contributed by atoms with E-state index in [1.807, 2.05) is 0 Å². The minimum atomic E-state index is -5.10. The average Bonchev–Trinajstić information content (AvgIpc) is 3.64. The lowest BCUT2D eigenvalue weighted by Crippen LogP contribution is -2.35. The lowest BCUT2D eigenvalue weighted by molar-refractivity contribution is -0.142. The Kier molecular flexibility index (Phi) is 10.2. The second-order valence-electron chi connectivity index (χ2n) is 14.9. The molecule has 0 radical (unpaired) electrons. The van der Waals surface area contributed by atoms with Crippen molar-refractivity contribution in [2.45, 2.75) is 62.9 Å². The van der Waals surface area contributed by atoms with Crippen LogP contribution in [0, 0.1) is 29.4 Å². The van der Waals surface area contributed by atoms with E-state index in [0.717, 1.165) is 18.4 Å². The Labute approximate surface area is 336 Å². The van der Waals surface area contributed by atoms with Gasteiger partial charge in [0, 0.05) is 35.7 Å². The standard InChI is InChI=1S/C38H33ClF7N7O5S/c1-36(2,55)9-8-25-27(58-4)15-21(20-6-7-24(39)30-32(20)52(3)50-35(30)51-59(5,56)57)31(48-25)26(12-17-10-18(40)13-19(41)11-17)47-28(54)16-53-34-29(33(49-53)38(44,45)46)22-14-23(22)37(34,42)43/h6-7,10-11,13,15,22-23,26,55H,12,14,16H2,1-5H3,(H,47,54)(H,50,51)/t22-,23?,26-/m0/s1. The molecule has 1 unspecified atom stereocenters. The van der Waals surface area contributed by atoms with Crippen LogP contribution in [-0.2, 0) is 46.9 Å². The number of rotatable bonds is 10. The van der Waals surface area contributed by atoms with Gasteiger partial charge < -0.3 is 15.2 Å². The van der Waals surface area contributed by atoms with Crippen LogP contribution in [0.15, 0.2) is 36.4 Å². The van der Waals surface area contributed by atoms with Crippen molar-refractivity contribution in [1.82, 2.24) is 29.9 Å². The average molecular weight is 868 g/mol. The van der Waals surface area contributed by atoms with Crippen LogP contribution in [-0.4, -0.2) is 62.9 Å². The van der Waals surface area contributed by atoms with Gasteiger partial charge in [0.2, 0.25) is 15.9 Å². The number of nitrogens with zero attached hydrogens (tertiary/aromatic N) is 5. The number of carbonyl (C=O) groups excluding carboxylic acids is 1. The summed E-state index contributed by atoms with van der Waals surface area (Å²) in [5.41, 5.74) is -4.40. The molecular weight excluding hydrogens is 835 g/mol. The molecule has 12 nitrogen and oxygen atoms in total. The number of pyridine rings is 1. The molecule has 2 aliphatic carbocycles. The highest BCUT2D eigenvalue weighted by molar-refractivity contribution is 7.92. The van der Waals surface area contributed by atoms with Crippen molar-refractivity contribution < 1.29 is 53.8 Å². The number of aryl methyl sites for hydroxylation is 1. The highest BCUT2D eigenvalue weighted by Crippen LogP contribution is 2.68. The van der Waals surface area contributed by atoms with E-state index < -0.39 is 93.1 Å². The second kappa shape index (κ2) is 14.4. The maximum absolute atomic E-state index is 15.4. The SMILES string of the molecule is COc1cc(-c2ccc(Cl)c3c(NS(C)(=O)=O)nn(C)c23)c([C@H](Cc2cc(F)cc(F)c2)NC(=O)Cn2nc(C(F)(F)F)c3c2C(F)(F)C2C[C@H]32)nc1C#CC(C)(C)O. The van der Waals surface area contributed by atoms with Crippen molar-refractivity contribution in [2.24, 2.45) is 13.0 Å². The minimum Gasteiger partial charge on any atom is -0.494 e. The molecule has 1 amide bonds. The van der Waals surface area contributed by atoms with Crippen molar-refractivity contribution in [3.8, 4) is 28.7 Å². The molecule has 1 saturated carbocycles. The number of methoxy groups -OCH3 is 1. The monoisotopic (exact) mass is 867 g/mol. The summed E-state index contributed by atoms with van der Waals surface area (Å²) in [6.07, 6.45) is -4.81. The van der Waals surface area contributed by atoms with Gasteiger partial charge in [-0.25, -0.2) is 22.2 Å². The summed E-state index contributed by atoms with van der Waals surface area (Å²) in [4.78, 5) is 18.7. The number of benzene rings is 2. The number of aromatic nitrogens is 5. The second-order valence-corrected chi connectivity index (χ2v) is 17.0. The Hall–Kier alpha value is -5.39. The number of nitrogens with one attached hydrogen (secondary N) is 2. The summed E-state index contributed by atoms with van der Waals surface area (Å²) in [6.45, 7) is 1.66. The van der Waals surface area contributed by atoms with Crippen molar-refractivity contribution >= 4 is 44.3 Å². The molecule has 5 aromatic rings. The molecule has 0 spiro atoms. The van der Waals surface area contributed by atoms with Crippen molar-refractivity contribution in [3.63, 3.8) is 0 Å². The van der Waals surface area contributed by atoms with Crippen molar-refractivity contribution in [3.05, 3.63) is 87.0 Å². The number of halogens is 8. The van der Waals surface area contributed by atoms with Crippen LogP contribution in [0.2, 0.25) is 5.02 Å². The number of alkyl halides is 5.